The van der Waals surface area contributed by atoms with Crippen LogP contribution in [0.5, 0.6) is 0 Å². The van der Waals surface area contributed by atoms with Crippen LogP contribution in [0.2, 0.25) is 19.1 Å². The molecule has 0 heterocycles. The topological polar surface area (TPSA) is 9.23 Å². The van der Waals surface area contributed by atoms with Crippen LogP contribution in [0.15, 0.2) is 11.6 Å². The Labute approximate surface area is 208 Å². The first kappa shape index (κ1) is 26.0. The van der Waals surface area contributed by atoms with E-state index in [-0.39, 0.29) is 0 Å². The van der Waals surface area contributed by atoms with Crippen LogP contribution in [0.1, 0.15) is 112 Å². The number of allylic oxidation sites excluding steroid dienone is 1. The highest BCUT2D eigenvalue weighted by molar-refractivity contribution is 6.71. The highest BCUT2D eigenvalue weighted by atomic mass is 28.4. The van der Waals surface area contributed by atoms with Crippen LogP contribution in [0.3, 0.4) is 0 Å². The van der Waals surface area contributed by atoms with Crippen molar-refractivity contribution in [3.63, 3.8) is 0 Å². The quantitative estimate of drug-likeness (QED) is 0.252. The fourth-order valence-electron chi connectivity index (χ4n) is 9.29. The van der Waals surface area contributed by atoms with E-state index < -0.39 is 8.32 Å². The van der Waals surface area contributed by atoms with E-state index in [0.717, 1.165) is 35.5 Å². The Hall–Kier alpha value is -0.0831. The van der Waals surface area contributed by atoms with E-state index in [1.807, 2.05) is 0 Å². The molecule has 4 rings (SSSR count). The molecule has 0 N–H and O–H groups in total. The molecule has 4 aliphatic carbocycles. The smallest absolute Gasteiger partial charge is 0.186 e. The third kappa shape index (κ3) is 4.96. The first-order valence-corrected chi connectivity index (χ1v) is 18.0. The molecule has 4 aliphatic rings. The van der Waals surface area contributed by atoms with Crippen molar-refractivity contribution in [3.05, 3.63) is 11.6 Å². The Bertz CT molecular complexity index is 710. The largest absolute Gasteiger partial charge is 0.414 e. The molecule has 3 saturated carbocycles. The van der Waals surface area contributed by atoms with E-state index in [1.54, 1.807) is 5.57 Å². The summed E-state index contributed by atoms with van der Waals surface area (Å²) < 4.78 is 6.73. The maximum atomic E-state index is 6.73. The molecule has 1 nitrogen and oxygen atoms in total. The van der Waals surface area contributed by atoms with E-state index in [0.29, 0.717) is 16.9 Å². The normalized spacial score (nSPS) is 41.8. The first-order chi connectivity index (χ1) is 15.5. The van der Waals surface area contributed by atoms with Crippen molar-refractivity contribution in [1.29, 1.82) is 0 Å². The van der Waals surface area contributed by atoms with Gasteiger partial charge in [0.25, 0.3) is 0 Å². The minimum Gasteiger partial charge on any atom is -0.414 e. The Morgan fingerprint density at radius 2 is 1.76 bits per heavy atom. The van der Waals surface area contributed by atoms with Crippen LogP contribution >= 0.6 is 0 Å². The molecule has 0 aromatic carbocycles. The number of rotatable bonds is 8. The predicted octanol–water partition coefficient (Wildman–Crippen LogP) is 9.64. The molecule has 190 valence electrons. The summed E-state index contributed by atoms with van der Waals surface area (Å²) in [5.74, 6) is 5.61. The van der Waals surface area contributed by atoms with E-state index >= 15 is 0 Å². The summed E-state index contributed by atoms with van der Waals surface area (Å²) in [6, 6.07) is 1.24. The van der Waals surface area contributed by atoms with Gasteiger partial charge in [0.05, 0.1) is 0 Å². The predicted molar refractivity (Wildman–Crippen MR) is 146 cm³/mol. The summed E-state index contributed by atoms with van der Waals surface area (Å²) in [6.07, 6.45) is 18.8. The second kappa shape index (κ2) is 9.76. The van der Waals surface area contributed by atoms with Crippen molar-refractivity contribution in [2.75, 3.05) is 0 Å². The van der Waals surface area contributed by atoms with E-state index in [1.165, 1.54) is 76.7 Å². The SMILES string of the molecule is CC[Si](C)(C)OC1CCC2(C)C(=CCC3C2CCC2(C)C(C(C)CCCC(C)C)CCC32)C1. The van der Waals surface area contributed by atoms with Gasteiger partial charge in [-0.2, -0.15) is 0 Å². The zero-order chi connectivity index (χ0) is 24.0. The Morgan fingerprint density at radius 1 is 1.00 bits per heavy atom. The Kier molecular flexibility index (Phi) is 7.69. The van der Waals surface area contributed by atoms with Crippen LogP contribution in [0, 0.1) is 46.3 Å². The maximum absolute atomic E-state index is 6.73. The molecule has 2 heteroatoms. The van der Waals surface area contributed by atoms with Gasteiger partial charge in [-0.25, -0.2) is 0 Å². The Morgan fingerprint density at radius 3 is 2.45 bits per heavy atom. The van der Waals surface area contributed by atoms with Gasteiger partial charge in [0.2, 0.25) is 0 Å². The summed E-state index contributed by atoms with van der Waals surface area (Å²) in [7, 11) is -1.47. The molecular formula is C31H56OSi. The highest BCUT2D eigenvalue weighted by Gasteiger charge is 2.59. The zero-order valence-corrected chi connectivity index (χ0v) is 24.5. The third-order valence-corrected chi connectivity index (χ3v) is 14.3. The monoisotopic (exact) mass is 472 g/mol. The molecular weight excluding hydrogens is 416 g/mol. The van der Waals surface area contributed by atoms with Gasteiger partial charge in [-0.05, 0) is 117 Å². The second-order valence-corrected chi connectivity index (χ2v) is 18.8. The van der Waals surface area contributed by atoms with Gasteiger partial charge in [-0.15, -0.1) is 0 Å². The van der Waals surface area contributed by atoms with Crippen LogP contribution < -0.4 is 0 Å². The lowest BCUT2D eigenvalue weighted by atomic mass is 9.47. The fourth-order valence-corrected chi connectivity index (χ4v) is 10.6. The zero-order valence-electron chi connectivity index (χ0n) is 23.5. The van der Waals surface area contributed by atoms with Gasteiger partial charge in [-0.1, -0.05) is 72.5 Å². The van der Waals surface area contributed by atoms with Gasteiger partial charge in [0.15, 0.2) is 8.32 Å². The van der Waals surface area contributed by atoms with E-state index in [4.69, 9.17) is 4.43 Å². The van der Waals surface area contributed by atoms with Crippen molar-refractivity contribution in [2.24, 2.45) is 46.3 Å². The van der Waals surface area contributed by atoms with Gasteiger partial charge in [-0.3, -0.25) is 0 Å². The lowest BCUT2D eigenvalue weighted by Gasteiger charge is -2.58. The number of fused-ring (bicyclic) bond motifs is 5. The fraction of sp³-hybridized carbons (Fsp3) is 0.935. The molecule has 8 atom stereocenters. The number of hydrogen-bond acceptors (Lipinski definition) is 1. The maximum Gasteiger partial charge on any atom is 0.186 e. The molecule has 0 bridgehead atoms. The summed E-state index contributed by atoms with van der Waals surface area (Å²) in [5.41, 5.74) is 2.86. The van der Waals surface area contributed by atoms with Crippen LogP contribution in [0.4, 0.5) is 0 Å². The summed E-state index contributed by atoms with van der Waals surface area (Å²) in [4.78, 5) is 0. The van der Waals surface area contributed by atoms with E-state index in [2.05, 4.69) is 60.7 Å². The molecule has 0 aromatic rings. The molecule has 8 unspecified atom stereocenters. The van der Waals surface area contributed by atoms with Gasteiger partial charge in [0, 0.05) is 6.10 Å². The average Bonchev–Trinajstić information content (AvgIpc) is 3.11. The van der Waals surface area contributed by atoms with Crippen molar-refractivity contribution in [3.8, 4) is 0 Å². The summed E-state index contributed by atoms with van der Waals surface area (Å²) in [6.45, 7) is 19.9. The van der Waals surface area contributed by atoms with E-state index in [9.17, 15) is 0 Å². The van der Waals surface area contributed by atoms with Gasteiger partial charge < -0.3 is 4.43 Å². The molecule has 0 aromatic heterocycles. The second-order valence-electron chi connectivity index (χ2n) is 14.4. The highest BCUT2D eigenvalue weighted by Crippen LogP contribution is 2.67. The lowest BCUT2D eigenvalue weighted by molar-refractivity contribution is -0.0563. The summed E-state index contributed by atoms with van der Waals surface area (Å²) in [5, 5.41) is 0. The van der Waals surface area contributed by atoms with Crippen molar-refractivity contribution < 1.29 is 4.43 Å². The molecule has 0 saturated heterocycles. The Balaban J connectivity index is 1.45. The van der Waals surface area contributed by atoms with Crippen molar-refractivity contribution in [1.82, 2.24) is 0 Å². The van der Waals surface area contributed by atoms with Crippen LogP contribution in [0.25, 0.3) is 0 Å². The minimum absolute atomic E-state index is 0.461. The lowest BCUT2D eigenvalue weighted by Crippen LogP contribution is -2.51. The van der Waals surface area contributed by atoms with Crippen LogP contribution in [-0.2, 0) is 4.43 Å². The molecule has 0 aliphatic heterocycles. The molecule has 0 spiro atoms. The van der Waals surface area contributed by atoms with Crippen LogP contribution in [-0.4, -0.2) is 14.4 Å². The molecule has 3 fully saturated rings. The van der Waals surface area contributed by atoms with Crippen molar-refractivity contribution >= 4 is 8.32 Å². The molecule has 0 amide bonds. The van der Waals surface area contributed by atoms with Crippen molar-refractivity contribution in [2.45, 2.75) is 137 Å². The molecule has 33 heavy (non-hydrogen) atoms. The standard InChI is InChI=1S/C31H56OSi/c1-9-33(7,8)32-25-17-19-30(5)24(21-25)13-14-26-28-16-15-27(23(4)12-10-11-22(2)3)31(28,6)20-18-29(26)30/h13,22-23,25-29H,9-12,14-21H2,1-8H3. The van der Waals surface area contributed by atoms with Gasteiger partial charge >= 0.3 is 0 Å². The molecule has 0 radical (unpaired) electrons. The first-order valence-electron chi connectivity index (χ1n) is 14.9. The van der Waals surface area contributed by atoms with Gasteiger partial charge in [0.1, 0.15) is 0 Å². The average molecular weight is 473 g/mol. The summed E-state index contributed by atoms with van der Waals surface area (Å²) >= 11 is 0. The number of hydrogen-bond donors (Lipinski definition) is 0. The minimum atomic E-state index is -1.47. The third-order valence-electron chi connectivity index (χ3n) is 11.6.